The van der Waals surface area contributed by atoms with Gasteiger partial charge in [0.2, 0.25) is 11.8 Å². The molecule has 0 aliphatic rings. The molecule has 1 aromatic carbocycles. The number of nitrogens with one attached hydrogen (secondary N) is 1. The Morgan fingerprint density at radius 2 is 1.74 bits per heavy atom. The quantitative estimate of drug-likeness (QED) is 0.598. The Balaban J connectivity index is 2.81. The number of hydrogen-bond acceptors (Lipinski definition) is 5. The predicted molar refractivity (Wildman–Crippen MR) is 84.5 cm³/mol. The Kier molecular flexibility index (Phi) is 4.44. The van der Waals surface area contributed by atoms with E-state index in [-0.39, 0.29) is 11.3 Å². The second-order valence-corrected chi connectivity index (χ2v) is 4.90. The molecule has 1 heterocycles. The van der Waals surface area contributed by atoms with Crippen molar-refractivity contribution in [3.8, 4) is 5.88 Å². The molecular formula is C15H16N4O4. The summed E-state index contributed by atoms with van der Waals surface area (Å²) >= 11 is 0. The van der Waals surface area contributed by atoms with Gasteiger partial charge in [-0.25, -0.2) is 10.2 Å². The average Bonchev–Trinajstić information content (AvgIpc) is 2.54. The van der Waals surface area contributed by atoms with Crippen LogP contribution >= 0.6 is 0 Å². The van der Waals surface area contributed by atoms with Gasteiger partial charge in [0.25, 0.3) is 5.56 Å². The highest BCUT2D eigenvalue weighted by atomic mass is 16.3. The van der Waals surface area contributed by atoms with Gasteiger partial charge in [0, 0.05) is 26.6 Å². The zero-order valence-electron chi connectivity index (χ0n) is 12.9. The number of benzene rings is 1. The third-order valence-corrected chi connectivity index (χ3v) is 3.24. The summed E-state index contributed by atoms with van der Waals surface area (Å²) in [6.07, 6.45) is 0. The van der Waals surface area contributed by atoms with E-state index in [4.69, 9.17) is 0 Å². The Morgan fingerprint density at radius 3 is 2.30 bits per heavy atom. The maximum atomic E-state index is 12.4. The van der Waals surface area contributed by atoms with Crippen LogP contribution in [0.25, 0.3) is 0 Å². The number of aromatic nitrogens is 2. The monoisotopic (exact) mass is 316 g/mol. The minimum atomic E-state index is -0.710. The lowest BCUT2D eigenvalue weighted by atomic mass is 10.0. The highest BCUT2D eigenvalue weighted by Gasteiger charge is 2.21. The van der Waals surface area contributed by atoms with Crippen LogP contribution in [0.15, 0.2) is 45.0 Å². The molecule has 0 aliphatic heterocycles. The summed E-state index contributed by atoms with van der Waals surface area (Å²) in [5, 5.41) is 14.2. The number of aromatic hydroxyl groups is 1. The topological polar surface area (TPSA) is 106 Å². The van der Waals surface area contributed by atoms with Gasteiger partial charge in [-0.2, -0.15) is 5.10 Å². The summed E-state index contributed by atoms with van der Waals surface area (Å²) < 4.78 is 1.80. The van der Waals surface area contributed by atoms with E-state index in [9.17, 15) is 19.5 Å². The van der Waals surface area contributed by atoms with Crippen molar-refractivity contribution in [3.05, 3.63) is 62.3 Å². The van der Waals surface area contributed by atoms with Crippen molar-refractivity contribution >= 4 is 11.6 Å². The van der Waals surface area contributed by atoms with Gasteiger partial charge in [-0.3, -0.25) is 18.7 Å². The van der Waals surface area contributed by atoms with Crippen LogP contribution in [0.2, 0.25) is 0 Å². The first-order valence-electron chi connectivity index (χ1n) is 6.73. The molecular weight excluding hydrogens is 300 g/mol. The van der Waals surface area contributed by atoms with Crippen LogP contribution in [-0.2, 0) is 18.9 Å². The third kappa shape index (κ3) is 3.05. The zero-order valence-corrected chi connectivity index (χ0v) is 12.9. The van der Waals surface area contributed by atoms with Gasteiger partial charge < -0.3 is 5.11 Å². The Morgan fingerprint density at radius 1 is 1.13 bits per heavy atom. The number of carbonyl (C=O) groups excluding carboxylic acids is 1. The van der Waals surface area contributed by atoms with E-state index < -0.39 is 23.0 Å². The van der Waals surface area contributed by atoms with E-state index >= 15 is 0 Å². The number of nitrogens with zero attached hydrogens (tertiary/aromatic N) is 3. The van der Waals surface area contributed by atoms with Gasteiger partial charge in [0.05, 0.1) is 0 Å². The molecule has 2 aromatic rings. The predicted octanol–water partition coefficient (Wildman–Crippen LogP) is -0.322. The van der Waals surface area contributed by atoms with Crippen molar-refractivity contribution in [3.63, 3.8) is 0 Å². The molecule has 0 saturated heterocycles. The summed E-state index contributed by atoms with van der Waals surface area (Å²) in [5.74, 6) is -0.953. The molecule has 2 rings (SSSR count). The van der Waals surface area contributed by atoms with Crippen LogP contribution in [0.5, 0.6) is 5.88 Å². The van der Waals surface area contributed by atoms with Crippen molar-refractivity contribution in [1.29, 1.82) is 0 Å². The van der Waals surface area contributed by atoms with Crippen LogP contribution in [0.1, 0.15) is 18.1 Å². The maximum absolute atomic E-state index is 12.4. The number of rotatable bonds is 3. The minimum absolute atomic E-state index is 0.0644. The summed E-state index contributed by atoms with van der Waals surface area (Å²) in [5.41, 5.74) is 1.28. The fourth-order valence-corrected chi connectivity index (χ4v) is 2.04. The first kappa shape index (κ1) is 16.2. The third-order valence-electron chi connectivity index (χ3n) is 3.24. The highest BCUT2D eigenvalue weighted by Crippen LogP contribution is 2.15. The average molecular weight is 316 g/mol. The molecule has 0 fully saturated rings. The molecule has 120 valence electrons. The summed E-state index contributed by atoms with van der Waals surface area (Å²) in [7, 11) is 2.64. The Hall–Kier alpha value is -3.16. The Bertz CT molecular complexity index is 894. The first-order chi connectivity index (χ1) is 10.8. The number of amides is 1. The molecule has 0 aliphatic carbocycles. The molecule has 0 bridgehead atoms. The molecule has 1 aromatic heterocycles. The fourth-order valence-electron chi connectivity index (χ4n) is 2.04. The van der Waals surface area contributed by atoms with Crippen LogP contribution < -0.4 is 16.7 Å². The largest absolute Gasteiger partial charge is 0.494 e. The number of hydrogen-bond donors (Lipinski definition) is 2. The van der Waals surface area contributed by atoms with Crippen molar-refractivity contribution in [2.75, 3.05) is 0 Å². The van der Waals surface area contributed by atoms with Crippen LogP contribution in [-0.4, -0.2) is 25.9 Å². The van der Waals surface area contributed by atoms with E-state index in [0.717, 1.165) is 9.13 Å². The molecule has 8 nitrogen and oxygen atoms in total. The van der Waals surface area contributed by atoms with Gasteiger partial charge in [-0.15, -0.1) is 0 Å². The minimum Gasteiger partial charge on any atom is -0.494 e. The summed E-state index contributed by atoms with van der Waals surface area (Å²) in [6, 6.07) is 8.57. The molecule has 0 radical (unpaired) electrons. The lowest BCUT2D eigenvalue weighted by molar-refractivity contribution is -0.118. The lowest BCUT2D eigenvalue weighted by Gasteiger charge is -2.12. The second kappa shape index (κ2) is 6.30. The van der Waals surface area contributed by atoms with Gasteiger partial charge in [0.1, 0.15) is 11.3 Å². The van der Waals surface area contributed by atoms with Crippen molar-refractivity contribution < 1.29 is 9.90 Å². The van der Waals surface area contributed by atoms with E-state index in [1.54, 1.807) is 30.3 Å². The fraction of sp³-hybridized carbons (Fsp3) is 0.200. The zero-order chi connectivity index (χ0) is 17.1. The van der Waals surface area contributed by atoms with Crippen molar-refractivity contribution in [2.24, 2.45) is 19.2 Å². The lowest BCUT2D eigenvalue weighted by Crippen LogP contribution is -2.40. The molecule has 0 unspecified atom stereocenters. The van der Waals surface area contributed by atoms with Gasteiger partial charge in [-0.05, 0) is 0 Å². The van der Waals surface area contributed by atoms with Crippen LogP contribution in [0.4, 0.5) is 0 Å². The normalized spacial score (nSPS) is 11.3. The van der Waals surface area contributed by atoms with E-state index in [1.165, 1.54) is 21.0 Å². The van der Waals surface area contributed by atoms with Gasteiger partial charge in [0.15, 0.2) is 0 Å². The van der Waals surface area contributed by atoms with Crippen LogP contribution in [0, 0.1) is 0 Å². The molecule has 1 amide bonds. The summed E-state index contributed by atoms with van der Waals surface area (Å²) in [6.45, 7) is 1.27. The molecule has 0 spiro atoms. The molecule has 8 heteroatoms. The standard InChI is InChI=1S/C15H16N4O4/c1-9(20)16-17-12(10-7-5-4-6-8-10)11-13(21)18(2)15(23)19(3)14(11)22/h4-8,21H,1-3H3,(H,16,20)/b17-12+. The van der Waals surface area contributed by atoms with Gasteiger partial charge >= 0.3 is 5.69 Å². The number of carbonyl (C=O) groups is 1. The highest BCUT2D eigenvalue weighted by molar-refractivity contribution is 6.14. The SMILES string of the molecule is CC(=O)N/N=C(\c1ccccc1)c1c(O)n(C)c(=O)n(C)c1=O. The van der Waals surface area contributed by atoms with Crippen molar-refractivity contribution in [1.82, 2.24) is 14.6 Å². The van der Waals surface area contributed by atoms with E-state index in [1.807, 2.05) is 0 Å². The first-order valence-corrected chi connectivity index (χ1v) is 6.73. The van der Waals surface area contributed by atoms with E-state index in [2.05, 4.69) is 10.5 Å². The Labute approximate surface area is 131 Å². The smallest absolute Gasteiger partial charge is 0.333 e. The number of hydrazone groups is 1. The molecule has 0 atom stereocenters. The van der Waals surface area contributed by atoms with Gasteiger partial charge in [-0.1, -0.05) is 30.3 Å². The molecule has 23 heavy (non-hydrogen) atoms. The maximum Gasteiger partial charge on any atom is 0.333 e. The van der Waals surface area contributed by atoms with Crippen molar-refractivity contribution in [2.45, 2.75) is 6.92 Å². The molecule has 2 N–H and O–H groups in total. The second-order valence-electron chi connectivity index (χ2n) is 4.90. The summed E-state index contributed by atoms with van der Waals surface area (Å²) in [4.78, 5) is 35.4. The van der Waals surface area contributed by atoms with E-state index in [0.29, 0.717) is 5.56 Å². The van der Waals surface area contributed by atoms with Crippen LogP contribution in [0.3, 0.4) is 0 Å². The molecule has 0 saturated carbocycles.